The van der Waals surface area contributed by atoms with E-state index in [0.717, 1.165) is 5.56 Å². The van der Waals surface area contributed by atoms with Crippen LogP contribution in [0.4, 0.5) is 0 Å². The van der Waals surface area contributed by atoms with Crippen LogP contribution >= 0.6 is 24.0 Å². The van der Waals surface area contributed by atoms with Crippen molar-refractivity contribution < 1.29 is 9.63 Å². The first-order valence-electron chi connectivity index (χ1n) is 4.05. The minimum absolute atomic E-state index is 0. The number of carbonyl (C=O) groups is 1. The molecule has 0 heterocycles. The Hall–Kier alpha value is -0.810. The Labute approximate surface area is 99.1 Å². The molecular formula is C9H12Cl2N2O2. The topological polar surface area (TPSA) is 64.3 Å². The number of benzene rings is 1. The van der Waals surface area contributed by atoms with Crippen LogP contribution in [0.5, 0.6) is 0 Å². The second-order valence-electron chi connectivity index (χ2n) is 2.71. The van der Waals surface area contributed by atoms with Crippen molar-refractivity contribution in [3.05, 3.63) is 34.9 Å². The molecule has 6 heteroatoms. The molecule has 0 aliphatic rings. The van der Waals surface area contributed by atoms with E-state index in [9.17, 15) is 4.79 Å². The number of hydrogen-bond donors (Lipinski definition) is 2. The Morgan fingerprint density at radius 2 is 2.00 bits per heavy atom. The first-order valence-corrected chi connectivity index (χ1v) is 4.43. The highest BCUT2D eigenvalue weighted by atomic mass is 35.5. The van der Waals surface area contributed by atoms with Crippen molar-refractivity contribution in [1.82, 2.24) is 5.32 Å². The van der Waals surface area contributed by atoms with Gasteiger partial charge in [0.25, 0.3) is 0 Å². The molecule has 0 unspecified atom stereocenters. The summed E-state index contributed by atoms with van der Waals surface area (Å²) in [5, 5.41) is 3.30. The average molecular weight is 251 g/mol. The molecule has 1 amide bonds. The molecule has 0 aliphatic carbocycles. The monoisotopic (exact) mass is 250 g/mol. The molecule has 3 N–H and O–H groups in total. The van der Waals surface area contributed by atoms with Gasteiger partial charge in [-0.1, -0.05) is 23.7 Å². The third kappa shape index (κ3) is 5.59. The van der Waals surface area contributed by atoms with E-state index in [-0.39, 0.29) is 24.9 Å². The van der Waals surface area contributed by atoms with Crippen LogP contribution in [-0.2, 0) is 16.2 Å². The number of amides is 1. The largest absolute Gasteiger partial charge is 0.350 e. The van der Waals surface area contributed by atoms with E-state index in [1.54, 1.807) is 12.1 Å². The maximum Gasteiger partial charge on any atom is 0.248 e. The molecule has 0 saturated heterocycles. The summed E-state index contributed by atoms with van der Waals surface area (Å²) in [7, 11) is 0. The average Bonchev–Trinajstić information content (AvgIpc) is 2.17. The van der Waals surface area contributed by atoms with Crippen LogP contribution in [0.25, 0.3) is 0 Å². The van der Waals surface area contributed by atoms with Gasteiger partial charge in [0.05, 0.1) is 0 Å². The minimum atomic E-state index is -0.248. The Balaban J connectivity index is 0.00000196. The zero-order valence-electron chi connectivity index (χ0n) is 7.90. The van der Waals surface area contributed by atoms with Gasteiger partial charge in [-0.15, -0.1) is 12.4 Å². The van der Waals surface area contributed by atoms with Gasteiger partial charge in [0, 0.05) is 11.6 Å². The summed E-state index contributed by atoms with van der Waals surface area (Å²) >= 11 is 5.70. The molecule has 0 fully saturated rings. The molecular weight excluding hydrogens is 239 g/mol. The summed E-state index contributed by atoms with van der Waals surface area (Å²) in [6.45, 7) is 0.312. The first kappa shape index (κ1) is 14.2. The highest BCUT2D eigenvalue weighted by Crippen LogP contribution is 2.08. The third-order valence-corrected chi connectivity index (χ3v) is 1.87. The third-order valence-electron chi connectivity index (χ3n) is 1.62. The summed E-state index contributed by atoms with van der Waals surface area (Å²) < 4.78 is 0. The molecule has 4 nitrogen and oxygen atoms in total. The van der Waals surface area contributed by atoms with Gasteiger partial charge in [0.1, 0.15) is 6.61 Å². The van der Waals surface area contributed by atoms with E-state index in [1.165, 1.54) is 0 Å². The van der Waals surface area contributed by atoms with E-state index >= 15 is 0 Å². The van der Waals surface area contributed by atoms with Crippen molar-refractivity contribution in [3.63, 3.8) is 0 Å². The molecule has 1 rings (SSSR count). The number of nitrogens with one attached hydrogen (secondary N) is 1. The van der Waals surface area contributed by atoms with Crippen molar-refractivity contribution in [2.75, 3.05) is 6.61 Å². The zero-order chi connectivity index (χ0) is 10.4. The van der Waals surface area contributed by atoms with Gasteiger partial charge in [-0.3, -0.25) is 9.63 Å². The van der Waals surface area contributed by atoms with Crippen LogP contribution in [0.3, 0.4) is 0 Å². The van der Waals surface area contributed by atoms with Crippen LogP contribution in [0, 0.1) is 0 Å². The number of nitrogens with two attached hydrogens (primary N) is 1. The fourth-order valence-corrected chi connectivity index (χ4v) is 1.06. The van der Waals surface area contributed by atoms with Crippen LogP contribution in [-0.4, -0.2) is 12.5 Å². The van der Waals surface area contributed by atoms with Crippen molar-refractivity contribution in [2.45, 2.75) is 6.54 Å². The van der Waals surface area contributed by atoms with E-state index in [1.807, 2.05) is 12.1 Å². The first-order chi connectivity index (χ1) is 6.72. The normalized spacial score (nSPS) is 9.20. The van der Waals surface area contributed by atoms with Gasteiger partial charge < -0.3 is 5.32 Å². The van der Waals surface area contributed by atoms with Gasteiger partial charge in [-0.2, -0.15) is 0 Å². The van der Waals surface area contributed by atoms with Gasteiger partial charge in [0.15, 0.2) is 0 Å². The molecule has 0 bridgehead atoms. The number of halogens is 2. The Kier molecular flexibility index (Phi) is 7.07. The van der Waals surface area contributed by atoms with Gasteiger partial charge in [0.2, 0.25) is 5.91 Å². The van der Waals surface area contributed by atoms with Gasteiger partial charge in [-0.05, 0) is 17.7 Å². The summed E-state index contributed by atoms with van der Waals surface area (Å²) in [5.74, 6) is 4.49. The lowest BCUT2D eigenvalue weighted by Gasteiger charge is -2.03. The second-order valence-corrected chi connectivity index (χ2v) is 3.15. The fraction of sp³-hybridized carbons (Fsp3) is 0.222. The van der Waals surface area contributed by atoms with E-state index in [2.05, 4.69) is 10.2 Å². The van der Waals surface area contributed by atoms with Crippen LogP contribution in [0.1, 0.15) is 5.56 Å². The number of rotatable bonds is 4. The summed E-state index contributed by atoms with van der Waals surface area (Å²) in [4.78, 5) is 15.1. The molecule has 0 spiro atoms. The van der Waals surface area contributed by atoms with E-state index < -0.39 is 0 Å². The second kappa shape index (κ2) is 7.48. The molecule has 0 atom stereocenters. The van der Waals surface area contributed by atoms with Gasteiger partial charge in [-0.25, -0.2) is 5.90 Å². The van der Waals surface area contributed by atoms with Gasteiger partial charge >= 0.3 is 0 Å². The molecule has 0 aromatic heterocycles. The van der Waals surface area contributed by atoms with E-state index in [4.69, 9.17) is 17.5 Å². The molecule has 0 aliphatic heterocycles. The SMILES string of the molecule is Cl.NOCC(=O)NCc1ccc(Cl)cc1. The predicted octanol–water partition coefficient (Wildman–Crippen LogP) is 1.27. The van der Waals surface area contributed by atoms with Crippen molar-refractivity contribution >= 4 is 29.9 Å². The van der Waals surface area contributed by atoms with Crippen molar-refractivity contribution in [3.8, 4) is 0 Å². The molecule has 1 aromatic rings. The van der Waals surface area contributed by atoms with Crippen molar-refractivity contribution in [2.24, 2.45) is 5.90 Å². The summed E-state index contributed by atoms with van der Waals surface area (Å²) in [6, 6.07) is 7.21. The maximum absolute atomic E-state index is 10.9. The Morgan fingerprint density at radius 3 is 2.53 bits per heavy atom. The number of carbonyl (C=O) groups excluding carboxylic acids is 1. The van der Waals surface area contributed by atoms with Crippen LogP contribution in [0.2, 0.25) is 5.02 Å². The smallest absolute Gasteiger partial charge is 0.248 e. The molecule has 15 heavy (non-hydrogen) atoms. The Bertz CT molecular complexity index is 303. The standard InChI is InChI=1S/C9H11ClN2O2.ClH/c10-8-3-1-7(2-4-8)5-12-9(13)6-14-11;/h1-4H,5-6,11H2,(H,12,13);1H. The van der Waals surface area contributed by atoms with Crippen LogP contribution < -0.4 is 11.2 Å². The molecule has 0 saturated carbocycles. The lowest BCUT2D eigenvalue weighted by Crippen LogP contribution is -2.28. The fourth-order valence-electron chi connectivity index (χ4n) is 0.930. The number of hydrogen-bond acceptors (Lipinski definition) is 3. The zero-order valence-corrected chi connectivity index (χ0v) is 9.48. The predicted molar refractivity (Wildman–Crippen MR) is 60.7 cm³/mol. The summed E-state index contributed by atoms with van der Waals surface area (Å²) in [5.41, 5.74) is 0.972. The lowest BCUT2D eigenvalue weighted by molar-refractivity contribution is -0.125. The quantitative estimate of drug-likeness (QED) is 0.792. The minimum Gasteiger partial charge on any atom is -0.350 e. The van der Waals surface area contributed by atoms with Crippen molar-refractivity contribution in [1.29, 1.82) is 0 Å². The lowest BCUT2D eigenvalue weighted by atomic mass is 10.2. The van der Waals surface area contributed by atoms with E-state index in [0.29, 0.717) is 11.6 Å². The highest BCUT2D eigenvalue weighted by molar-refractivity contribution is 6.30. The molecule has 0 radical (unpaired) electrons. The molecule has 1 aromatic carbocycles. The Morgan fingerprint density at radius 1 is 1.40 bits per heavy atom. The summed E-state index contributed by atoms with van der Waals surface area (Å²) in [6.07, 6.45) is 0. The molecule has 84 valence electrons. The highest BCUT2D eigenvalue weighted by Gasteiger charge is 1.99. The maximum atomic E-state index is 10.9. The van der Waals surface area contributed by atoms with Crippen LogP contribution in [0.15, 0.2) is 24.3 Å².